The first-order valence-corrected chi connectivity index (χ1v) is 8.45. The van der Waals surface area contributed by atoms with Gasteiger partial charge in [-0.2, -0.15) is 0 Å². The standard InChI is InChI=1S/C19H20N6O2/c1-13(2)22-19(27)24-16-6-4-3-5-15(16)23-18(26)14-7-8-17(21-11-14)25-10-9-20-12-25/h3-13H,1-2H3,(H,23,26)(H2,22,24,27). The van der Waals surface area contributed by atoms with Crippen molar-refractivity contribution in [3.63, 3.8) is 0 Å². The van der Waals surface area contributed by atoms with Gasteiger partial charge in [0.1, 0.15) is 12.1 Å². The molecular weight excluding hydrogens is 344 g/mol. The van der Waals surface area contributed by atoms with Gasteiger partial charge >= 0.3 is 6.03 Å². The second-order valence-electron chi connectivity index (χ2n) is 6.13. The predicted molar refractivity (Wildman–Crippen MR) is 103 cm³/mol. The lowest BCUT2D eigenvalue weighted by atomic mass is 10.2. The third kappa shape index (κ3) is 4.69. The zero-order valence-corrected chi connectivity index (χ0v) is 15.0. The van der Waals surface area contributed by atoms with Crippen LogP contribution in [0.15, 0.2) is 61.3 Å². The summed E-state index contributed by atoms with van der Waals surface area (Å²) in [5.41, 5.74) is 1.41. The first-order valence-electron chi connectivity index (χ1n) is 8.45. The minimum absolute atomic E-state index is 0.00633. The van der Waals surface area contributed by atoms with Gasteiger partial charge in [-0.1, -0.05) is 12.1 Å². The third-order valence-corrected chi connectivity index (χ3v) is 3.62. The topological polar surface area (TPSA) is 101 Å². The number of carbonyl (C=O) groups excluding carboxylic acids is 2. The number of nitrogens with one attached hydrogen (secondary N) is 3. The molecular formula is C19H20N6O2. The Morgan fingerprint density at radius 1 is 1.04 bits per heavy atom. The monoisotopic (exact) mass is 364 g/mol. The maximum absolute atomic E-state index is 12.5. The molecule has 27 heavy (non-hydrogen) atoms. The second-order valence-corrected chi connectivity index (χ2v) is 6.13. The fourth-order valence-electron chi connectivity index (χ4n) is 2.38. The molecule has 0 atom stereocenters. The number of anilines is 2. The van der Waals surface area contributed by atoms with E-state index in [0.717, 1.165) is 0 Å². The maximum atomic E-state index is 12.5. The van der Waals surface area contributed by atoms with E-state index in [9.17, 15) is 9.59 Å². The SMILES string of the molecule is CC(C)NC(=O)Nc1ccccc1NC(=O)c1ccc(-n2ccnc2)nc1. The van der Waals surface area contributed by atoms with E-state index in [1.807, 2.05) is 13.8 Å². The number of benzene rings is 1. The van der Waals surface area contributed by atoms with E-state index < -0.39 is 0 Å². The van der Waals surface area contributed by atoms with Crippen LogP contribution in [0.4, 0.5) is 16.2 Å². The minimum Gasteiger partial charge on any atom is -0.336 e. The van der Waals surface area contributed by atoms with E-state index in [-0.39, 0.29) is 18.0 Å². The van der Waals surface area contributed by atoms with Gasteiger partial charge in [-0.15, -0.1) is 0 Å². The maximum Gasteiger partial charge on any atom is 0.319 e. The zero-order valence-electron chi connectivity index (χ0n) is 15.0. The van der Waals surface area contributed by atoms with Crippen LogP contribution in [0.3, 0.4) is 0 Å². The van der Waals surface area contributed by atoms with Crippen molar-refractivity contribution < 1.29 is 9.59 Å². The Hall–Kier alpha value is -3.68. The molecule has 0 spiro atoms. The first-order chi connectivity index (χ1) is 13.0. The number of nitrogens with zero attached hydrogens (tertiary/aromatic N) is 3. The van der Waals surface area contributed by atoms with Gasteiger partial charge in [-0.25, -0.2) is 14.8 Å². The van der Waals surface area contributed by atoms with Gasteiger partial charge in [0.05, 0.1) is 16.9 Å². The molecule has 2 heterocycles. The number of amides is 3. The molecule has 2 aromatic heterocycles. The number of urea groups is 1. The number of hydrogen-bond donors (Lipinski definition) is 3. The summed E-state index contributed by atoms with van der Waals surface area (Å²) in [5.74, 6) is 0.342. The van der Waals surface area contributed by atoms with Crippen LogP contribution in [0.2, 0.25) is 0 Å². The van der Waals surface area contributed by atoms with Crippen LogP contribution in [0, 0.1) is 0 Å². The van der Waals surface area contributed by atoms with Gasteiger partial charge < -0.3 is 16.0 Å². The van der Waals surface area contributed by atoms with Crippen molar-refractivity contribution in [2.45, 2.75) is 19.9 Å². The number of para-hydroxylation sites is 2. The highest BCUT2D eigenvalue weighted by Gasteiger charge is 2.12. The van der Waals surface area contributed by atoms with Gasteiger partial charge in [0.25, 0.3) is 5.91 Å². The largest absolute Gasteiger partial charge is 0.336 e. The van der Waals surface area contributed by atoms with Crippen molar-refractivity contribution in [2.24, 2.45) is 0 Å². The lowest BCUT2D eigenvalue weighted by Crippen LogP contribution is -2.34. The van der Waals surface area contributed by atoms with Crippen LogP contribution in [0.25, 0.3) is 5.82 Å². The van der Waals surface area contributed by atoms with Crippen LogP contribution >= 0.6 is 0 Å². The summed E-state index contributed by atoms with van der Waals surface area (Å²) >= 11 is 0. The molecule has 3 rings (SSSR count). The molecule has 0 aliphatic heterocycles. The van der Waals surface area contributed by atoms with E-state index in [0.29, 0.717) is 22.8 Å². The Kier molecular flexibility index (Phi) is 5.46. The molecule has 3 N–H and O–H groups in total. The van der Waals surface area contributed by atoms with E-state index in [1.54, 1.807) is 59.7 Å². The van der Waals surface area contributed by atoms with Crippen LogP contribution < -0.4 is 16.0 Å². The van der Waals surface area contributed by atoms with Crippen LogP contribution in [-0.2, 0) is 0 Å². The highest BCUT2D eigenvalue weighted by molar-refractivity contribution is 6.07. The lowest BCUT2D eigenvalue weighted by Gasteiger charge is -2.14. The molecule has 0 aliphatic rings. The van der Waals surface area contributed by atoms with E-state index >= 15 is 0 Å². The summed E-state index contributed by atoms with van der Waals surface area (Å²) in [6, 6.07) is 10.1. The predicted octanol–water partition coefficient (Wildman–Crippen LogP) is 3.05. The average molecular weight is 364 g/mol. The van der Waals surface area contributed by atoms with E-state index in [4.69, 9.17) is 0 Å². The Labute approximate surface area is 156 Å². The number of rotatable bonds is 5. The minimum atomic E-state index is -0.335. The molecule has 0 unspecified atom stereocenters. The molecule has 0 radical (unpaired) electrons. The molecule has 1 aromatic carbocycles. The molecule has 138 valence electrons. The molecule has 0 saturated heterocycles. The van der Waals surface area contributed by atoms with Gasteiger partial charge in [-0.3, -0.25) is 9.36 Å². The smallest absolute Gasteiger partial charge is 0.319 e. The number of pyridine rings is 1. The summed E-state index contributed by atoms with van der Waals surface area (Å²) in [6.07, 6.45) is 6.55. The number of aromatic nitrogens is 3. The number of imidazole rings is 1. The Bertz CT molecular complexity index is 920. The number of hydrogen-bond acceptors (Lipinski definition) is 4. The van der Waals surface area contributed by atoms with Crippen molar-refractivity contribution in [2.75, 3.05) is 10.6 Å². The van der Waals surface area contributed by atoms with Crippen molar-refractivity contribution in [3.8, 4) is 5.82 Å². The Morgan fingerprint density at radius 3 is 2.37 bits per heavy atom. The molecule has 0 aliphatic carbocycles. The Balaban J connectivity index is 1.71. The molecule has 3 amide bonds. The summed E-state index contributed by atoms with van der Waals surface area (Å²) in [5, 5.41) is 8.28. The first kappa shape index (κ1) is 18.1. The highest BCUT2D eigenvalue weighted by atomic mass is 16.2. The summed E-state index contributed by atoms with van der Waals surface area (Å²) in [7, 11) is 0. The second kappa shape index (κ2) is 8.13. The highest BCUT2D eigenvalue weighted by Crippen LogP contribution is 2.21. The normalized spacial score (nSPS) is 10.5. The van der Waals surface area contributed by atoms with Crippen molar-refractivity contribution in [3.05, 3.63) is 66.9 Å². The molecule has 0 bridgehead atoms. The summed E-state index contributed by atoms with van der Waals surface area (Å²) in [6.45, 7) is 3.74. The lowest BCUT2D eigenvalue weighted by molar-refractivity contribution is 0.102. The molecule has 8 heteroatoms. The fourth-order valence-corrected chi connectivity index (χ4v) is 2.38. The van der Waals surface area contributed by atoms with E-state index in [1.165, 1.54) is 6.20 Å². The fraction of sp³-hybridized carbons (Fsp3) is 0.158. The van der Waals surface area contributed by atoms with Crippen molar-refractivity contribution in [1.82, 2.24) is 19.9 Å². The van der Waals surface area contributed by atoms with Gasteiger partial charge in [-0.05, 0) is 38.1 Å². The Morgan fingerprint density at radius 2 is 1.78 bits per heavy atom. The van der Waals surface area contributed by atoms with Crippen LogP contribution in [0.5, 0.6) is 0 Å². The van der Waals surface area contributed by atoms with E-state index in [2.05, 4.69) is 25.9 Å². The molecule has 0 saturated carbocycles. The average Bonchev–Trinajstić information content (AvgIpc) is 3.17. The van der Waals surface area contributed by atoms with Crippen LogP contribution in [-0.4, -0.2) is 32.5 Å². The third-order valence-electron chi connectivity index (χ3n) is 3.62. The van der Waals surface area contributed by atoms with Gasteiger partial charge in [0.15, 0.2) is 0 Å². The molecule has 8 nitrogen and oxygen atoms in total. The van der Waals surface area contributed by atoms with Crippen LogP contribution in [0.1, 0.15) is 24.2 Å². The van der Waals surface area contributed by atoms with Crippen molar-refractivity contribution in [1.29, 1.82) is 0 Å². The summed E-state index contributed by atoms with van der Waals surface area (Å²) in [4.78, 5) is 32.7. The summed E-state index contributed by atoms with van der Waals surface area (Å²) < 4.78 is 1.74. The molecule has 3 aromatic rings. The van der Waals surface area contributed by atoms with Crippen molar-refractivity contribution >= 4 is 23.3 Å². The quantitative estimate of drug-likeness (QED) is 0.648. The zero-order chi connectivity index (χ0) is 19.2. The number of carbonyl (C=O) groups is 2. The van der Waals surface area contributed by atoms with Gasteiger partial charge in [0, 0.05) is 24.6 Å². The molecule has 0 fully saturated rings. The van der Waals surface area contributed by atoms with Gasteiger partial charge in [0.2, 0.25) is 0 Å².